The number of hydrogen-bond acceptors (Lipinski definition) is 4. The summed E-state index contributed by atoms with van der Waals surface area (Å²) in [5.74, 6) is 0.642. The molecule has 2 rings (SSSR count). The Morgan fingerprint density at radius 3 is 2.05 bits per heavy atom. The predicted molar refractivity (Wildman–Crippen MR) is 85.2 cm³/mol. The molecule has 7 heteroatoms. The summed E-state index contributed by atoms with van der Waals surface area (Å²) in [5, 5.41) is 0. The van der Waals surface area contributed by atoms with Crippen LogP contribution in [-0.4, -0.2) is 73.8 Å². The van der Waals surface area contributed by atoms with Gasteiger partial charge in [-0.05, 0) is 25.2 Å². The van der Waals surface area contributed by atoms with Crippen molar-refractivity contribution in [3.8, 4) is 0 Å². The lowest BCUT2D eigenvalue weighted by atomic mass is 10.0. The van der Waals surface area contributed by atoms with Gasteiger partial charge < -0.3 is 5.73 Å². The van der Waals surface area contributed by atoms with Gasteiger partial charge in [0.1, 0.15) is 0 Å². The van der Waals surface area contributed by atoms with Gasteiger partial charge in [0.2, 0.25) is 0 Å². The van der Waals surface area contributed by atoms with Gasteiger partial charge in [0.25, 0.3) is 10.2 Å². The van der Waals surface area contributed by atoms with Crippen molar-refractivity contribution in [2.75, 3.05) is 45.8 Å². The Balaban J connectivity index is 1.91. The summed E-state index contributed by atoms with van der Waals surface area (Å²) in [6.45, 7) is 9.07. The SMILES string of the molecule is CCC(CN)N1CCN(S(=O)(=O)N2CCC(C)CC2)CC1. The van der Waals surface area contributed by atoms with Crippen LogP contribution >= 0.6 is 0 Å². The van der Waals surface area contributed by atoms with E-state index in [2.05, 4.69) is 18.7 Å². The van der Waals surface area contributed by atoms with E-state index in [4.69, 9.17) is 5.73 Å². The van der Waals surface area contributed by atoms with Crippen LogP contribution in [0.25, 0.3) is 0 Å². The van der Waals surface area contributed by atoms with Crippen LogP contribution in [0.2, 0.25) is 0 Å². The number of nitrogens with zero attached hydrogens (tertiary/aromatic N) is 3. The van der Waals surface area contributed by atoms with E-state index in [1.54, 1.807) is 8.61 Å². The van der Waals surface area contributed by atoms with Crippen LogP contribution in [0.1, 0.15) is 33.1 Å². The smallest absolute Gasteiger partial charge is 0.282 e. The fourth-order valence-electron chi connectivity index (χ4n) is 3.25. The third-order valence-electron chi connectivity index (χ3n) is 4.93. The van der Waals surface area contributed by atoms with Crippen LogP contribution in [0.5, 0.6) is 0 Å². The highest BCUT2D eigenvalue weighted by Gasteiger charge is 2.34. The second-order valence-electron chi connectivity index (χ2n) is 6.32. The average Bonchev–Trinajstić information content (AvgIpc) is 2.49. The van der Waals surface area contributed by atoms with Crippen molar-refractivity contribution in [3.05, 3.63) is 0 Å². The lowest BCUT2D eigenvalue weighted by molar-refractivity contribution is 0.131. The van der Waals surface area contributed by atoms with E-state index < -0.39 is 10.2 Å². The van der Waals surface area contributed by atoms with E-state index in [9.17, 15) is 8.42 Å². The van der Waals surface area contributed by atoms with E-state index in [1.165, 1.54) is 0 Å². The molecule has 0 amide bonds. The van der Waals surface area contributed by atoms with Crippen molar-refractivity contribution in [2.24, 2.45) is 11.7 Å². The average molecular weight is 318 g/mol. The van der Waals surface area contributed by atoms with Crippen molar-refractivity contribution in [1.82, 2.24) is 13.5 Å². The number of hydrogen-bond donors (Lipinski definition) is 1. The normalized spacial score (nSPS) is 26.0. The molecule has 2 saturated heterocycles. The predicted octanol–water partition coefficient (Wildman–Crippen LogP) is 0.318. The molecule has 124 valence electrons. The molecule has 1 atom stereocenters. The largest absolute Gasteiger partial charge is 0.329 e. The van der Waals surface area contributed by atoms with Gasteiger partial charge in [0, 0.05) is 51.9 Å². The molecular formula is C14H30N4O2S. The van der Waals surface area contributed by atoms with Crippen molar-refractivity contribution in [3.63, 3.8) is 0 Å². The number of nitrogens with two attached hydrogens (primary N) is 1. The standard InChI is InChI=1S/C14H30N4O2S/c1-3-14(12-15)16-8-10-18(11-9-16)21(19,20)17-6-4-13(2)5-7-17/h13-14H,3-12,15H2,1-2H3. The minimum Gasteiger partial charge on any atom is -0.329 e. The number of piperidine rings is 1. The highest BCUT2D eigenvalue weighted by atomic mass is 32.2. The van der Waals surface area contributed by atoms with Crippen LogP contribution in [0.4, 0.5) is 0 Å². The summed E-state index contributed by atoms with van der Waals surface area (Å²) in [4.78, 5) is 2.32. The second kappa shape index (κ2) is 7.37. The van der Waals surface area contributed by atoms with E-state index in [0.29, 0.717) is 44.7 Å². The molecule has 2 fully saturated rings. The minimum atomic E-state index is -3.26. The zero-order valence-corrected chi connectivity index (χ0v) is 14.2. The lowest BCUT2D eigenvalue weighted by Gasteiger charge is -2.40. The van der Waals surface area contributed by atoms with Gasteiger partial charge in [-0.3, -0.25) is 4.90 Å². The third kappa shape index (κ3) is 3.96. The minimum absolute atomic E-state index is 0.380. The van der Waals surface area contributed by atoms with Crippen LogP contribution in [-0.2, 0) is 10.2 Å². The van der Waals surface area contributed by atoms with Crippen molar-refractivity contribution in [2.45, 2.75) is 39.2 Å². The molecule has 0 aromatic heterocycles. The van der Waals surface area contributed by atoms with Gasteiger partial charge in [0.15, 0.2) is 0 Å². The Morgan fingerprint density at radius 1 is 1.05 bits per heavy atom. The van der Waals surface area contributed by atoms with E-state index in [0.717, 1.165) is 32.4 Å². The van der Waals surface area contributed by atoms with Crippen LogP contribution < -0.4 is 5.73 Å². The van der Waals surface area contributed by atoms with Gasteiger partial charge in [0.05, 0.1) is 0 Å². The zero-order chi connectivity index (χ0) is 15.5. The molecule has 0 saturated carbocycles. The van der Waals surface area contributed by atoms with Crippen molar-refractivity contribution in [1.29, 1.82) is 0 Å². The highest BCUT2D eigenvalue weighted by Crippen LogP contribution is 2.22. The second-order valence-corrected chi connectivity index (χ2v) is 8.25. The van der Waals surface area contributed by atoms with Crippen molar-refractivity contribution < 1.29 is 8.42 Å². The summed E-state index contributed by atoms with van der Waals surface area (Å²) in [6.07, 6.45) is 2.97. The van der Waals surface area contributed by atoms with Gasteiger partial charge >= 0.3 is 0 Å². The van der Waals surface area contributed by atoms with Gasteiger partial charge in [-0.1, -0.05) is 13.8 Å². The Kier molecular flexibility index (Phi) is 6.02. The number of rotatable bonds is 5. The maximum atomic E-state index is 12.7. The Labute approximate surface area is 129 Å². The fourth-order valence-corrected chi connectivity index (χ4v) is 4.88. The molecule has 2 aliphatic heterocycles. The molecule has 2 N–H and O–H groups in total. The highest BCUT2D eigenvalue weighted by molar-refractivity contribution is 7.86. The molecule has 0 aromatic carbocycles. The molecule has 0 aromatic rings. The molecular weight excluding hydrogens is 288 g/mol. The Hall–Kier alpha value is -0.210. The molecule has 0 radical (unpaired) electrons. The van der Waals surface area contributed by atoms with E-state index in [1.807, 2.05) is 0 Å². The summed E-state index contributed by atoms with van der Waals surface area (Å²) in [5.41, 5.74) is 5.78. The Morgan fingerprint density at radius 2 is 1.57 bits per heavy atom. The molecule has 2 aliphatic rings. The summed E-state index contributed by atoms with van der Waals surface area (Å²) >= 11 is 0. The van der Waals surface area contributed by atoms with Crippen molar-refractivity contribution >= 4 is 10.2 Å². The first kappa shape index (κ1) is 17.1. The Bertz CT molecular complexity index is 409. The van der Waals surface area contributed by atoms with E-state index in [-0.39, 0.29) is 0 Å². The summed E-state index contributed by atoms with van der Waals surface area (Å²) in [6, 6.07) is 0.380. The molecule has 0 spiro atoms. The summed E-state index contributed by atoms with van der Waals surface area (Å²) < 4.78 is 28.7. The van der Waals surface area contributed by atoms with Gasteiger partial charge in [-0.2, -0.15) is 17.0 Å². The molecule has 0 aliphatic carbocycles. The zero-order valence-electron chi connectivity index (χ0n) is 13.4. The number of piperazine rings is 1. The first-order valence-corrected chi connectivity index (χ1v) is 9.58. The topological polar surface area (TPSA) is 69.9 Å². The third-order valence-corrected chi connectivity index (χ3v) is 6.96. The first-order chi connectivity index (χ1) is 9.98. The maximum absolute atomic E-state index is 12.7. The molecule has 2 heterocycles. The molecule has 1 unspecified atom stereocenters. The monoisotopic (exact) mass is 318 g/mol. The van der Waals surface area contributed by atoms with E-state index >= 15 is 0 Å². The quantitative estimate of drug-likeness (QED) is 0.792. The summed E-state index contributed by atoms with van der Waals surface area (Å²) in [7, 11) is -3.26. The molecule has 6 nitrogen and oxygen atoms in total. The van der Waals surface area contributed by atoms with Crippen LogP contribution in [0.15, 0.2) is 0 Å². The van der Waals surface area contributed by atoms with Crippen LogP contribution in [0, 0.1) is 5.92 Å². The maximum Gasteiger partial charge on any atom is 0.282 e. The molecule has 0 bridgehead atoms. The molecule has 21 heavy (non-hydrogen) atoms. The fraction of sp³-hybridized carbons (Fsp3) is 1.00. The van der Waals surface area contributed by atoms with Crippen LogP contribution in [0.3, 0.4) is 0 Å². The van der Waals surface area contributed by atoms with Gasteiger partial charge in [-0.25, -0.2) is 0 Å². The van der Waals surface area contributed by atoms with Gasteiger partial charge in [-0.15, -0.1) is 0 Å². The first-order valence-electron chi connectivity index (χ1n) is 8.18. The lowest BCUT2D eigenvalue weighted by Crippen LogP contribution is -2.56.